The van der Waals surface area contributed by atoms with E-state index < -0.39 is 0 Å². The van der Waals surface area contributed by atoms with Crippen LogP contribution in [0.25, 0.3) is 50.6 Å². The van der Waals surface area contributed by atoms with Gasteiger partial charge in [0, 0.05) is 62.8 Å². The van der Waals surface area contributed by atoms with Gasteiger partial charge in [0.05, 0.1) is 11.0 Å². The Labute approximate surface area is 194 Å². The molecule has 0 atom stereocenters. The average Bonchev–Trinajstić information content (AvgIpc) is 3.27. The van der Waals surface area contributed by atoms with E-state index in [0.29, 0.717) is 29.9 Å². The van der Waals surface area contributed by atoms with Crippen LogP contribution in [0.4, 0.5) is 0 Å². The molecule has 0 aliphatic carbocycles. The molecule has 2 aromatic heterocycles. The molecule has 0 aliphatic heterocycles. The zero-order chi connectivity index (χ0) is 23.7. The van der Waals surface area contributed by atoms with Gasteiger partial charge in [0.15, 0.2) is 6.29 Å². The number of hydrogen-bond donors (Lipinski definition) is 1. The summed E-state index contributed by atoms with van der Waals surface area (Å²) < 4.78 is 4.48. The average molecular weight is 436 g/mol. The van der Waals surface area contributed by atoms with Gasteiger partial charge < -0.3 is 14.9 Å². The Balaban J connectivity index is 2.52. The molecule has 2 N–H and O–H groups in total. The summed E-state index contributed by atoms with van der Waals surface area (Å²) in [6, 6.07) is 8.20. The number of rotatable bonds is 8. The summed E-state index contributed by atoms with van der Waals surface area (Å²) in [4.78, 5) is 12.7. The second-order valence-electron chi connectivity index (χ2n) is 7.99. The maximum absolute atomic E-state index is 12.7. The SMILES string of the molecule is C=CCn1c(/C=C\C)c(/C=C\C)c2c(C=O)c(C(=C)N)c3c4ccccc4n(CC=C)c3c21. The number of aromatic nitrogens is 2. The normalized spacial score (nSPS) is 11.9. The summed E-state index contributed by atoms with van der Waals surface area (Å²) in [5.41, 5.74) is 13.1. The summed E-state index contributed by atoms with van der Waals surface area (Å²) in [6.07, 6.45) is 12.8. The Morgan fingerprint density at radius 1 is 0.939 bits per heavy atom. The third-order valence-corrected chi connectivity index (χ3v) is 6.05. The molecule has 0 unspecified atom stereocenters. The number of para-hydroxylation sites is 1. The van der Waals surface area contributed by atoms with E-state index in [1.165, 1.54) is 0 Å². The molecule has 0 aliphatic rings. The van der Waals surface area contributed by atoms with Crippen molar-refractivity contribution in [3.05, 3.63) is 90.7 Å². The van der Waals surface area contributed by atoms with Crippen LogP contribution in [0, 0.1) is 0 Å². The molecule has 33 heavy (non-hydrogen) atoms. The molecular formula is C29H29N3O. The number of fused-ring (bicyclic) bond motifs is 5. The molecule has 0 bridgehead atoms. The molecule has 4 aromatic rings. The number of benzene rings is 2. The first-order valence-electron chi connectivity index (χ1n) is 11.1. The molecular weight excluding hydrogens is 406 g/mol. The molecule has 0 radical (unpaired) electrons. The summed E-state index contributed by atoms with van der Waals surface area (Å²) in [5.74, 6) is 0. The van der Waals surface area contributed by atoms with E-state index in [2.05, 4.69) is 53.2 Å². The standard InChI is InChI=1S/C29H29N3O/c1-6-12-20-23(13-7-2)31(16-8-3)28-26(20)22(18-33)25(19(5)30)27-21-14-10-11-15-24(21)32(17-9-4)29(27)28/h6-15,18H,3-5,16-17,30H2,1-2H3/b12-6-,13-7-. The van der Waals surface area contributed by atoms with Gasteiger partial charge in [-0.2, -0.15) is 0 Å². The van der Waals surface area contributed by atoms with Crippen molar-refractivity contribution in [3.8, 4) is 0 Å². The lowest BCUT2D eigenvalue weighted by atomic mass is 9.93. The highest BCUT2D eigenvalue weighted by molar-refractivity contribution is 6.26. The van der Waals surface area contributed by atoms with Crippen LogP contribution >= 0.6 is 0 Å². The molecule has 0 amide bonds. The van der Waals surface area contributed by atoms with Crippen LogP contribution in [-0.2, 0) is 13.1 Å². The number of carbonyl (C=O) groups excluding carboxylic acids is 1. The van der Waals surface area contributed by atoms with Gasteiger partial charge in [-0.1, -0.05) is 55.2 Å². The smallest absolute Gasteiger partial charge is 0.151 e. The fourth-order valence-corrected chi connectivity index (χ4v) is 5.00. The number of hydrogen-bond acceptors (Lipinski definition) is 2. The van der Waals surface area contributed by atoms with Crippen molar-refractivity contribution in [1.29, 1.82) is 0 Å². The first-order valence-corrected chi connectivity index (χ1v) is 11.1. The minimum absolute atomic E-state index is 0.376. The summed E-state index contributed by atoms with van der Waals surface area (Å²) in [5, 5.41) is 2.85. The van der Waals surface area contributed by atoms with Gasteiger partial charge >= 0.3 is 0 Å². The van der Waals surface area contributed by atoms with Crippen LogP contribution in [0.5, 0.6) is 0 Å². The second-order valence-corrected chi connectivity index (χ2v) is 7.99. The molecule has 0 fully saturated rings. The first kappa shape index (κ1) is 22.2. The van der Waals surface area contributed by atoms with E-state index in [4.69, 9.17) is 5.73 Å². The fraction of sp³-hybridized carbons (Fsp3) is 0.138. The zero-order valence-electron chi connectivity index (χ0n) is 19.3. The van der Waals surface area contributed by atoms with E-state index in [0.717, 1.165) is 50.3 Å². The van der Waals surface area contributed by atoms with Gasteiger partial charge in [-0.3, -0.25) is 4.79 Å². The lowest BCUT2D eigenvalue weighted by Gasteiger charge is -2.14. The highest BCUT2D eigenvalue weighted by Gasteiger charge is 2.27. The van der Waals surface area contributed by atoms with Crippen LogP contribution in [0.1, 0.15) is 41.0 Å². The quantitative estimate of drug-likeness (QED) is 0.241. The van der Waals surface area contributed by atoms with Crippen molar-refractivity contribution >= 4 is 56.8 Å². The van der Waals surface area contributed by atoms with E-state index in [-0.39, 0.29) is 0 Å². The Morgan fingerprint density at radius 2 is 1.58 bits per heavy atom. The molecule has 0 saturated carbocycles. The van der Waals surface area contributed by atoms with Crippen molar-refractivity contribution in [2.45, 2.75) is 26.9 Å². The molecule has 4 nitrogen and oxygen atoms in total. The van der Waals surface area contributed by atoms with Crippen molar-refractivity contribution < 1.29 is 4.79 Å². The minimum Gasteiger partial charge on any atom is -0.399 e. The third-order valence-electron chi connectivity index (χ3n) is 6.05. The zero-order valence-corrected chi connectivity index (χ0v) is 19.3. The molecule has 4 heteroatoms. The molecule has 2 aromatic carbocycles. The van der Waals surface area contributed by atoms with Gasteiger partial charge in [0.25, 0.3) is 0 Å². The Kier molecular flexibility index (Phi) is 5.93. The molecule has 166 valence electrons. The molecule has 2 heterocycles. The van der Waals surface area contributed by atoms with Crippen molar-refractivity contribution in [3.63, 3.8) is 0 Å². The first-order chi connectivity index (χ1) is 16.0. The summed E-state index contributed by atoms with van der Waals surface area (Å²) >= 11 is 0. The van der Waals surface area contributed by atoms with E-state index >= 15 is 0 Å². The summed E-state index contributed by atoms with van der Waals surface area (Å²) in [7, 11) is 0. The molecule has 4 rings (SSSR count). The van der Waals surface area contributed by atoms with Crippen LogP contribution in [0.2, 0.25) is 0 Å². The highest BCUT2D eigenvalue weighted by atomic mass is 16.1. The number of nitrogens with two attached hydrogens (primary N) is 1. The Hall–Kier alpha value is -4.05. The molecule has 0 spiro atoms. The summed E-state index contributed by atoms with van der Waals surface area (Å²) in [6.45, 7) is 17.2. The van der Waals surface area contributed by atoms with Gasteiger partial charge in [-0.15, -0.1) is 13.2 Å². The van der Waals surface area contributed by atoms with Gasteiger partial charge in [0.2, 0.25) is 0 Å². The van der Waals surface area contributed by atoms with Crippen LogP contribution in [0.15, 0.2) is 68.3 Å². The highest BCUT2D eigenvalue weighted by Crippen LogP contribution is 2.44. The minimum atomic E-state index is 0.376. The predicted octanol–water partition coefficient (Wildman–Crippen LogP) is 6.93. The Morgan fingerprint density at radius 3 is 2.18 bits per heavy atom. The number of carbonyl (C=O) groups is 1. The van der Waals surface area contributed by atoms with E-state index in [1.54, 1.807) is 0 Å². The maximum Gasteiger partial charge on any atom is 0.151 e. The number of aldehydes is 1. The van der Waals surface area contributed by atoms with Gasteiger partial charge in [-0.05, 0) is 26.0 Å². The monoisotopic (exact) mass is 435 g/mol. The van der Waals surface area contributed by atoms with Crippen molar-refractivity contribution in [1.82, 2.24) is 9.13 Å². The fourth-order valence-electron chi connectivity index (χ4n) is 5.00. The third kappa shape index (κ3) is 3.18. The van der Waals surface area contributed by atoms with E-state index in [9.17, 15) is 4.79 Å². The largest absolute Gasteiger partial charge is 0.399 e. The van der Waals surface area contributed by atoms with Crippen LogP contribution in [-0.4, -0.2) is 15.4 Å². The topological polar surface area (TPSA) is 52.9 Å². The number of allylic oxidation sites excluding steroid dienone is 4. The van der Waals surface area contributed by atoms with Gasteiger partial charge in [-0.25, -0.2) is 0 Å². The maximum atomic E-state index is 12.7. The Bertz CT molecular complexity index is 1510. The van der Waals surface area contributed by atoms with Crippen molar-refractivity contribution in [2.75, 3.05) is 0 Å². The predicted molar refractivity (Wildman–Crippen MR) is 143 cm³/mol. The van der Waals surface area contributed by atoms with Crippen molar-refractivity contribution in [2.24, 2.45) is 5.73 Å². The van der Waals surface area contributed by atoms with Gasteiger partial charge in [0.1, 0.15) is 0 Å². The lowest BCUT2D eigenvalue weighted by molar-refractivity contribution is 0.112. The second kappa shape index (κ2) is 8.83. The lowest BCUT2D eigenvalue weighted by Crippen LogP contribution is -2.05. The number of nitrogens with zero attached hydrogens (tertiary/aromatic N) is 2. The molecule has 0 saturated heterocycles. The van der Waals surface area contributed by atoms with Crippen LogP contribution < -0.4 is 5.73 Å². The van der Waals surface area contributed by atoms with Crippen LogP contribution in [0.3, 0.4) is 0 Å². The van der Waals surface area contributed by atoms with E-state index in [1.807, 2.05) is 50.3 Å².